The van der Waals surface area contributed by atoms with Crippen molar-refractivity contribution in [1.29, 1.82) is 0 Å². The normalized spacial score (nSPS) is 12.2. The van der Waals surface area contributed by atoms with E-state index in [4.69, 9.17) is 5.11 Å². The van der Waals surface area contributed by atoms with Crippen LogP contribution >= 0.6 is 7.68 Å². The molecule has 0 heterocycles. The molecule has 0 spiro atoms. The van der Waals surface area contributed by atoms with Crippen LogP contribution in [0.5, 0.6) is 0 Å². The zero-order valence-electron chi connectivity index (χ0n) is 14.8. The fourth-order valence-corrected chi connectivity index (χ4v) is 3.43. The van der Waals surface area contributed by atoms with E-state index in [0.717, 1.165) is 12.8 Å². The Balaban J connectivity index is 3.26. The van der Waals surface area contributed by atoms with Crippen molar-refractivity contribution < 1.29 is 19.0 Å². The molecule has 0 bridgehead atoms. The smallest absolute Gasteiger partial charge is 0.330 e. The lowest BCUT2D eigenvalue weighted by molar-refractivity contribution is -0.136. The highest BCUT2D eigenvalue weighted by molar-refractivity contribution is 7.33. The minimum absolute atomic E-state index is 0.256. The minimum atomic E-state index is -2.84. The average molecular weight is 346 g/mol. The standard InChI is InChI=1S/C18H35O4P/c1-2-3-4-5-6-7-8-9-10-11-12-13-14-15-16-17(18(19)20)23(21)22/h17H,2-16H2,1H3,(H,19,20). The van der Waals surface area contributed by atoms with Crippen molar-refractivity contribution in [3.63, 3.8) is 0 Å². The Hall–Kier alpha value is -0.630. The van der Waals surface area contributed by atoms with Crippen LogP contribution in [-0.2, 0) is 13.9 Å². The molecule has 0 aromatic heterocycles. The number of carboxylic acid groups (broad SMARTS) is 1. The Bertz CT molecular complexity index is 345. The van der Waals surface area contributed by atoms with Gasteiger partial charge in [0.15, 0.2) is 5.66 Å². The van der Waals surface area contributed by atoms with Crippen molar-refractivity contribution >= 4 is 13.6 Å². The van der Waals surface area contributed by atoms with E-state index >= 15 is 0 Å². The molecule has 0 aromatic rings. The minimum Gasteiger partial charge on any atom is -0.480 e. The Morgan fingerprint density at radius 1 is 0.739 bits per heavy atom. The van der Waals surface area contributed by atoms with Crippen LogP contribution in [0.25, 0.3) is 0 Å². The maximum absolute atomic E-state index is 10.8. The molecule has 1 unspecified atom stereocenters. The van der Waals surface area contributed by atoms with Crippen LogP contribution in [0.2, 0.25) is 0 Å². The van der Waals surface area contributed by atoms with E-state index in [1.165, 1.54) is 70.6 Å². The molecular weight excluding hydrogens is 311 g/mol. The summed E-state index contributed by atoms with van der Waals surface area (Å²) < 4.78 is 21.5. The Morgan fingerprint density at radius 3 is 1.39 bits per heavy atom. The third-order valence-electron chi connectivity index (χ3n) is 4.37. The zero-order valence-corrected chi connectivity index (χ0v) is 15.7. The summed E-state index contributed by atoms with van der Waals surface area (Å²) in [4.78, 5) is 10.7. The van der Waals surface area contributed by atoms with Crippen LogP contribution in [0, 0.1) is 0 Å². The maximum atomic E-state index is 10.8. The van der Waals surface area contributed by atoms with Crippen LogP contribution < -0.4 is 0 Å². The van der Waals surface area contributed by atoms with E-state index in [0.29, 0.717) is 6.42 Å². The summed E-state index contributed by atoms with van der Waals surface area (Å²) in [7, 11) is -2.84. The van der Waals surface area contributed by atoms with Gasteiger partial charge >= 0.3 is 13.6 Å². The molecule has 0 amide bonds. The van der Waals surface area contributed by atoms with Crippen molar-refractivity contribution in [2.45, 2.75) is 109 Å². The first-order valence-electron chi connectivity index (χ1n) is 9.46. The number of unbranched alkanes of at least 4 members (excludes halogenated alkanes) is 13. The molecule has 0 saturated heterocycles. The second-order valence-electron chi connectivity index (χ2n) is 6.52. The molecule has 136 valence electrons. The van der Waals surface area contributed by atoms with Crippen LogP contribution in [0.4, 0.5) is 0 Å². The predicted molar refractivity (Wildman–Crippen MR) is 94.6 cm³/mol. The number of hydrogen-bond acceptors (Lipinski definition) is 3. The Labute approximate surface area is 142 Å². The predicted octanol–water partition coefficient (Wildman–Crippen LogP) is 6.48. The van der Waals surface area contributed by atoms with Gasteiger partial charge in [-0.1, -0.05) is 96.8 Å². The van der Waals surface area contributed by atoms with E-state index in [9.17, 15) is 13.9 Å². The molecule has 1 N–H and O–H groups in total. The SMILES string of the molecule is CCCCCCCCCCCCCCCCC(C(=O)O)P(=O)=O. The van der Waals surface area contributed by atoms with Gasteiger partial charge in [-0.05, 0) is 6.42 Å². The van der Waals surface area contributed by atoms with Crippen molar-refractivity contribution in [2.75, 3.05) is 0 Å². The lowest BCUT2D eigenvalue weighted by atomic mass is 10.0. The van der Waals surface area contributed by atoms with Gasteiger partial charge in [0.25, 0.3) is 0 Å². The van der Waals surface area contributed by atoms with Crippen LogP contribution in [-0.4, -0.2) is 16.7 Å². The molecule has 23 heavy (non-hydrogen) atoms. The number of carbonyl (C=O) groups is 1. The van der Waals surface area contributed by atoms with Gasteiger partial charge in [-0.25, -0.2) is 9.13 Å². The van der Waals surface area contributed by atoms with Crippen LogP contribution in [0.15, 0.2) is 0 Å². The van der Waals surface area contributed by atoms with Gasteiger partial charge in [-0.2, -0.15) is 0 Å². The largest absolute Gasteiger partial charge is 0.480 e. The second kappa shape index (κ2) is 16.2. The molecule has 4 nitrogen and oxygen atoms in total. The molecular formula is C18H35O4P. The van der Waals surface area contributed by atoms with Gasteiger partial charge in [0.05, 0.1) is 0 Å². The van der Waals surface area contributed by atoms with E-state index in [2.05, 4.69) is 6.92 Å². The summed E-state index contributed by atoms with van der Waals surface area (Å²) in [5.74, 6) is -1.21. The third-order valence-corrected chi connectivity index (χ3v) is 5.36. The molecule has 0 saturated carbocycles. The van der Waals surface area contributed by atoms with Crippen molar-refractivity contribution in [3.05, 3.63) is 0 Å². The number of carboxylic acids is 1. The molecule has 0 rings (SSSR count). The maximum Gasteiger partial charge on any atom is 0.330 e. The molecule has 0 fully saturated rings. The average Bonchev–Trinajstić information content (AvgIpc) is 2.50. The number of hydrogen-bond donors (Lipinski definition) is 1. The highest BCUT2D eigenvalue weighted by Crippen LogP contribution is 2.21. The number of rotatable bonds is 17. The first-order chi connectivity index (χ1) is 11.1. The highest BCUT2D eigenvalue weighted by atomic mass is 31.1. The first-order valence-corrected chi connectivity index (χ1v) is 10.7. The monoisotopic (exact) mass is 346 g/mol. The first kappa shape index (κ1) is 22.4. The molecule has 0 aliphatic carbocycles. The fraction of sp³-hybridized carbons (Fsp3) is 0.944. The van der Waals surface area contributed by atoms with Gasteiger partial charge in [0.1, 0.15) is 0 Å². The van der Waals surface area contributed by atoms with Crippen LogP contribution in [0.3, 0.4) is 0 Å². The van der Waals surface area contributed by atoms with Gasteiger partial charge in [-0.3, -0.25) is 4.79 Å². The van der Waals surface area contributed by atoms with E-state index < -0.39 is 19.3 Å². The van der Waals surface area contributed by atoms with Gasteiger partial charge in [0.2, 0.25) is 0 Å². The third kappa shape index (κ3) is 14.7. The van der Waals surface area contributed by atoms with Gasteiger partial charge in [0, 0.05) is 0 Å². The number of aliphatic carboxylic acids is 1. The summed E-state index contributed by atoms with van der Waals surface area (Å²) >= 11 is 0. The molecule has 5 heteroatoms. The summed E-state index contributed by atoms with van der Waals surface area (Å²) in [5, 5.41) is 8.76. The summed E-state index contributed by atoms with van der Waals surface area (Å²) in [6, 6.07) is 0. The lowest BCUT2D eigenvalue weighted by Gasteiger charge is -2.04. The summed E-state index contributed by atoms with van der Waals surface area (Å²) in [6.07, 6.45) is 17.6. The molecule has 0 aliphatic heterocycles. The van der Waals surface area contributed by atoms with Gasteiger partial charge < -0.3 is 5.11 Å². The Kier molecular flexibility index (Phi) is 15.8. The second-order valence-corrected chi connectivity index (χ2v) is 7.72. The van der Waals surface area contributed by atoms with E-state index in [1.54, 1.807) is 0 Å². The highest BCUT2D eigenvalue weighted by Gasteiger charge is 2.22. The van der Waals surface area contributed by atoms with Crippen molar-refractivity contribution in [1.82, 2.24) is 0 Å². The van der Waals surface area contributed by atoms with E-state index in [-0.39, 0.29) is 6.42 Å². The summed E-state index contributed by atoms with van der Waals surface area (Å²) in [5.41, 5.74) is -1.19. The molecule has 0 aromatic carbocycles. The van der Waals surface area contributed by atoms with Crippen molar-refractivity contribution in [3.8, 4) is 0 Å². The topological polar surface area (TPSA) is 71.4 Å². The van der Waals surface area contributed by atoms with Crippen molar-refractivity contribution in [2.24, 2.45) is 0 Å². The molecule has 0 aliphatic rings. The van der Waals surface area contributed by atoms with Gasteiger partial charge in [-0.15, -0.1) is 0 Å². The molecule has 1 atom stereocenters. The lowest BCUT2D eigenvalue weighted by Crippen LogP contribution is -2.14. The zero-order chi connectivity index (χ0) is 17.3. The molecule has 0 radical (unpaired) electrons. The van der Waals surface area contributed by atoms with E-state index in [1.807, 2.05) is 0 Å². The quantitative estimate of drug-likeness (QED) is 0.241. The van der Waals surface area contributed by atoms with Crippen LogP contribution in [0.1, 0.15) is 103 Å². The fourth-order valence-electron chi connectivity index (χ4n) is 2.85. The Morgan fingerprint density at radius 2 is 1.09 bits per heavy atom. The summed E-state index contributed by atoms with van der Waals surface area (Å²) in [6.45, 7) is 2.25.